The predicted molar refractivity (Wildman–Crippen MR) is 74.0 cm³/mol. The third kappa shape index (κ3) is 5.65. The first-order valence-electron chi connectivity index (χ1n) is 7.56. The van der Waals surface area contributed by atoms with Crippen molar-refractivity contribution in [3.63, 3.8) is 0 Å². The molecule has 0 spiro atoms. The number of ether oxygens (including phenoxy) is 3. The maximum Gasteiger partial charge on any atom is 0.306 e. The summed E-state index contributed by atoms with van der Waals surface area (Å²) < 4.78 is 15.9. The van der Waals surface area contributed by atoms with E-state index in [2.05, 4.69) is 9.68 Å². The van der Waals surface area contributed by atoms with Crippen molar-refractivity contribution in [1.82, 2.24) is 0 Å². The largest absolute Gasteiger partial charge is 0.457 e. The van der Waals surface area contributed by atoms with E-state index in [-0.39, 0.29) is 32.5 Å². The summed E-state index contributed by atoms with van der Waals surface area (Å²) in [5.74, 6) is -0.575. The number of nitrogens with zero attached hydrogens (tertiary/aromatic N) is 2. The van der Waals surface area contributed by atoms with Gasteiger partial charge in [0, 0.05) is 6.42 Å². The van der Waals surface area contributed by atoms with Crippen LogP contribution in [0.3, 0.4) is 0 Å². The van der Waals surface area contributed by atoms with Crippen molar-refractivity contribution in [3.05, 3.63) is 20.2 Å². The normalized spacial score (nSPS) is 28.8. The Morgan fingerprint density at radius 3 is 2.60 bits per heavy atom. The van der Waals surface area contributed by atoms with Gasteiger partial charge in [-0.15, -0.1) is 20.2 Å². The summed E-state index contributed by atoms with van der Waals surface area (Å²) in [6, 6.07) is 0. The van der Waals surface area contributed by atoms with Crippen LogP contribution in [0.1, 0.15) is 19.3 Å². The van der Waals surface area contributed by atoms with Crippen LogP contribution in [0.2, 0.25) is 0 Å². The molecule has 2 aliphatic rings. The molecule has 0 amide bonds. The molecule has 0 aromatic carbocycles. The molecule has 2 fully saturated rings. The molecule has 2 heterocycles. The molecule has 142 valence electrons. The lowest BCUT2D eigenvalue weighted by Crippen LogP contribution is -2.34. The maximum atomic E-state index is 11.8. The first-order valence-corrected chi connectivity index (χ1v) is 7.56. The molecule has 0 aliphatic carbocycles. The fourth-order valence-electron chi connectivity index (χ4n) is 2.68. The highest BCUT2D eigenvalue weighted by molar-refractivity contribution is 5.69. The lowest BCUT2D eigenvalue weighted by molar-refractivity contribution is -0.790. The Bertz CT molecular complexity index is 501. The predicted octanol–water partition coefficient (Wildman–Crippen LogP) is -0.988. The molecule has 2 saturated heterocycles. The molecule has 0 radical (unpaired) electrons. The number of aliphatic hydroxyl groups is 1. The second-order valence-corrected chi connectivity index (χ2v) is 5.55. The zero-order valence-electron chi connectivity index (χ0n) is 13.1. The highest BCUT2D eigenvalue weighted by atomic mass is 17.0. The number of fused-ring (bicyclic) bond motifs is 1. The Morgan fingerprint density at radius 2 is 1.92 bits per heavy atom. The van der Waals surface area contributed by atoms with Gasteiger partial charge in [0.1, 0.15) is 31.0 Å². The fourth-order valence-corrected chi connectivity index (χ4v) is 2.68. The monoisotopic (exact) mass is 366 g/mol. The van der Waals surface area contributed by atoms with E-state index in [0.29, 0.717) is 0 Å². The Balaban J connectivity index is 1.69. The minimum atomic E-state index is -1.17. The Morgan fingerprint density at radius 1 is 1.20 bits per heavy atom. The molecular formula is C12H18N2O11. The first kappa shape index (κ1) is 19.1. The summed E-state index contributed by atoms with van der Waals surface area (Å²) in [4.78, 5) is 40.6. The van der Waals surface area contributed by atoms with Crippen molar-refractivity contribution in [2.75, 3.05) is 19.8 Å². The van der Waals surface area contributed by atoms with Gasteiger partial charge in [-0.2, -0.15) is 0 Å². The van der Waals surface area contributed by atoms with Crippen LogP contribution in [0.15, 0.2) is 0 Å². The minimum absolute atomic E-state index is 0.00759. The van der Waals surface area contributed by atoms with E-state index in [1.54, 1.807) is 0 Å². The summed E-state index contributed by atoms with van der Waals surface area (Å²) in [7, 11) is 0. The first-order chi connectivity index (χ1) is 11.9. The molecule has 2 rings (SSSR count). The van der Waals surface area contributed by atoms with E-state index in [0.717, 1.165) is 0 Å². The van der Waals surface area contributed by atoms with E-state index in [1.165, 1.54) is 0 Å². The highest BCUT2D eigenvalue weighted by Gasteiger charge is 2.48. The van der Waals surface area contributed by atoms with Gasteiger partial charge in [0.05, 0.1) is 13.2 Å². The van der Waals surface area contributed by atoms with E-state index >= 15 is 0 Å². The molecular weight excluding hydrogens is 348 g/mol. The second kappa shape index (κ2) is 8.73. The second-order valence-electron chi connectivity index (χ2n) is 5.55. The molecule has 0 saturated carbocycles. The van der Waals surface area contributed by atoms with Crippen LogP contribution in [0, 0.1) is 20.2 Å². The standard InChI is InChI=1S/C12H18N2O11/c15-8-5-21-12-9(6-22-11(8)12)24-10(16)3-1-2-7(25-14(19)20)4-23-13(17)18/h7-9,11-12,15H,1-6H2/t7-,8+,9+,11+,12+/m0/s1. The van der Waals surface area contributed by atoms with Crippen molar-refractivity contribution < 1.29 is 44.0 Å². The van der Waals surface area contributed by atoms with Crippen molar-refractivity contribution in [3.8, 4) is 0 Å². The quantitative estimate of drug-likeness (QED) is 0.286. The molecule has 1 N–H and O–H groups in total. The molecule has 0 bridgehead atoms. The number of hydrogen-bond donors (Lipinski definition) is 1. The summed E-state index contributed by atoms with van der Waals surface area (Å²) in [6.07, 6.45) is -3.52. The minimum Gasteiger partial charge on any atom is -0.457 e. The smallest absolute Gasteiger partial charge is 0.306 e. The van der Waals surface area contributed by atoms with E-state index in [9.17, 15) is 30.1 Å². The van der Waals surface area contributed by atoms with Gasteiger partial charge in [0.2, 0.25) is 0 Å². The number of rotatable bonds is 10. The lowest BCUT2D eigenvalue weighted by atomic mass is 10.1. The molecule has 0 aromatic heterocycles. The molecule has 0 aromatic rings. The number of esters is 1. The molecule has 13 nitrogen and oxygen atoms in total. The summed E-state index contributed by atoms with van der Waals surface area (Å²) in [5.41, 5.74) is 0. The van der Waals surface area contributed by atoms with Crippen molar-refractivity contribution in [1.29, 1.82) is 0 Å². The van der Waals surface area contributed by atoms with Gasteiger partial charge in [-0.3, -0.25) is 4.79 Å². The van der Waals surface area contributed by atoms with Crippen molar-refractivity contribution in [2.24, 2.45) is 0 Å². The number of aliphatic hydroxyl groups excluding tert-OH is 1. The fraction of sp³-hybridized carbons (Fsp3) is 0.917. The third-order valence-electron chi connectivity index (χ3n) is 3.77. The van der Waals surface area contributed by atoms with Crippen molar-refractivity contribution in [2.45, 2.75) is 49.8 Å². The van der Waals surface area contributed by atoms with Crippen LogP contribution in [-0.2, 0) is 28.7 Å². The molecule has 2 aliphatic heterocycles. The van der Waals surface area contributed by atoms with Crippen LogP contribution in [0.4, 0.5) is 0 Å². The van der Waals surface area contributed by atoms with Gasteiger partial charge in [0.15, 0.2) is 6.10 Å². The molecule has 25 heavy (non-hydrogen) atoms. The van der Waals surface area contributed by atoms with Crippen LogP contribution in [0.25, 0.3) is 0 Å². The van der Waals surface area contributed by atoms with Gasteiger partial charge >= 0.3 is 5.97 Å². The van der Waals surface area contributed by atoms with Crippen LogP contribution >= 0.6 is 0 Å². The summed E-state index contributed by atoms with van der Waals surface area (Å²) in [5, 5.41) is 27.9. The average molecular weight is 366 g/mol. The summed E-state index contributed by atoms with van der Waals surface area (Å²) >= 11 is 0. The zero-order chi connectivity index (χ0) is 18.4. The summed E-state index contributed by atoms with van der Waals surface area (Å²) in [6.45, 7) is -0.392. The lowest BCUT2D eigenvalue weighted by Gasteiger charge is -2.17. The van der Waals surface area contributed by atoms with E-state index in [1.807, 2.05) is 0 Å². The van der Waals surface area contributed by atoms with Gasteiger partial charge in [-0.05, 0) is 12.8 Å². The maximum absolute atomic E-state index is 11.8. The molecule has 0 unspecified atom stereocenters. The topological polar surface area (TPSA) is 170 Å². The number of carbonyl (C=O) groups excluding carboxylic acids is 1. The van der Waals surface area contributed by atoms with Gasteiger partial charge in [0.25, 0.3) is 10.2 Å². The Labute approximate surface area is 140 Å². The number of carbonyl (C=O) groups is 1. The number of hydrogen-bond acceptors (Lipinski definition) is 11. The van der Waals surface area contributed by atoms with Gasteiger partial charge in [-0.25, -0.2) is 0 Å². The molecule has 13 heteroatoms. The van der Waals surface area contributed by atoms with Crippen LogP contribution in [-0.4, -0.2) is 71.6 Å². The zero-order valence-corrected chi connectivity index (χ0v) is 13.1. The third-order valence-corrected chi connectivity index (χ3v) is 3.77. The SMILES string of the molecule is O=C(CCC[C@@H](CO[N+](=O)[O-])O[N+](=O)[O-])O[C@@H]1CO[C@H]2[C@@H]1OC[C@H]2O. The highest BCUT2D eigenvalue weighted by Crippen LogP contribution is 2.29. The van der Waals surface area contributed by atoms with Gasteiger partial charge < -0.3 is 29.0 Å². The average Bonchev–Trinajstić information content (AvgIpc) is 3.08. The molecule has 5 atom stereocenters. The van der Waals surface area contributed by atoms with E-state index in [4.69, 9.17) is 14.2 Å². The Hall–Kier alpha value is -2.25. The van der Waals surface area contributed by atoms with Crippen molar-refractivity contribution >= 4 is 5.97 Å². The Kier molecular flexibility index (Phi) is 6.66. The van der Waals surface area contributed by atoms with Gasteiger partial charge in [-0.1, -0.05) is 0 Å². The van der Waals surface area contributed by atoms with E-state index < -0.39 is 53.3 Å². The van der Waals surface area contributed by atoms with Crippen LogP contribution < -0.4 is 0 Å². The van der Waals surface area contributed by atoms with Crippen LogP contribution in [0.5, 0.6) is 0 Å².